The van der Waals surface area contributed by atoms with Crippen LogP contribution in [0.2, 0.25) is 0 Å². The lowest BCUT2D eigenvalue weighted by atomic mass is 10.1. The molecule has 2 aromatic carbocycles. The van der Waals surface area contributed by atoms with Crippen LogP contribution >= 0.6 is 0 Å². The van der Waals surface area contributed by atoms with Crippen molar-refractivity contribution in [2.75, 3.05) is 0 Å². The zero-order valence-electron chi connectivity index (χ0n) is 19.1. The van der Waals surface area contributed by atoms with E-state index in [1.54, 1.807) is 11.6 Å². The minimum Gasteiger partial charge on any atom is -0.352 e. The van der Waals surface area contributed by atoms with Crippen molar-refractivity contribution in [3.05, 3.63) is 93.3 Å². The van der Waals surface area contributed by atoms with E-state index in [1.807, 2.05) is 61.7 Å². The highest BCUT2D eigenvalue weighted by molar-refractivity contribution is 5.93. The normalized spacial score (nSPS) is 12.1. The highest BCUT2D eigenvalue weighted by atomic mass is 16.2. The number of aryl methyl sites for hydroxylation is 2. The molecule has 0 aliphatic heterocycles. The Morgan fingerprint density at radius 1 is 0.939 bits per heavy atom. The lowest BCUT2D eigenvalue weighted by molar-refractivity contribution is -0.122. The predicted molar refractivity (Wildman–Crippen MR) is 130 cm³/mol. The summed E-state index contributed by atoms with van der Waals surface area (Å²) in [5, 5.41) is 3.00. The van der Waals surface area contributed by atoms with Crippen LogP contribution in [0.1, 0.15) is 18.9 Å². The number of amides is 1. The molecule has 7 nitrogen and oxygen atoms in total. The van der Waals surface area contributed by atoms with Crippen LogP contribution in [0.4, 0.5) is 0 Å². The van der Waals surface area contributed by atoms with Gasteiger partial charge in [-0.1, -0.05) is 60.7 Å². The van der Waals surface area contributed by atoms with E-state index >= 15 is 0 Å². The van der Waals surface area contributed by atoms with Gasteiger partial charge in [-0.25, -0.2) is 4.79 Å². The number of aromatic nitrogens is 3. The fraction of sp³-hybridized carbons (Fsp3) is 0.269. The summed E-state index contributed by atoms with van der Waals surface area (Å²) in [6.45, 7) is 1.79. The van der Waals surface area contributed by atoms with Crippen LogP contribution in [-0.4, -0.2) is 25.7 Å². The summed E-state index contributed by atoms with van der Waals surface area (Å²) in [6, 6.07) is 19.6. The number of nitrogens with one attached hydrogen (secondary N) is 1. The smallest absolute Gasteiger partial charge is 0.331 e. The van der Waals surface area contributed by atoms with Crippen molar-refractivity contribution in [3.63, 3.8) is 0 Å². The van der Waals surface area contributed by atoms with Gasteiger partial charge in [0, 0.05) is 31.9 Å². The molecule has 0 radical (unpaired) electrons. The van der Waals surface area contributed by atoms with E-state index in [0.29, 0.717) is 11.0 Å². The Bertz CT molecular complexity index is 1400. The first-order valence-electron chi connectivity index (χ1n) is 11.0. The molecule has 0 bridgehead atoms. The summed E-state index contributed by atoms with van der Waals surface area (Å²) in [5.41, 5.74) is 2.81. The van der Waals surface area contributed by atoms with E-state index in [2.05, 4.69) is 17.4 Å². The van der Waals surface area contributed by atoms with E-state index in [-0.39, 0.29) is 24.1 Å². The fourth-order valence-corrected chi connectivity index (χ4v) is 4.20. The molecule has 0 saturated carbocycles. The molecule has 0 spiro atoms. The van der Waals surface area contributed by atoms with Crippen molar-refractivity contribution in [2.45, 2.75) is 32.4 Å². The maximum Gasteiger partial charge on any atom is 0.331 e. The molecule has 0 fully saturated rings. The third kappa shape index (κ3) is 4.53. The molecule has 0 aliphatic rings. The van der Waals surface area contributed by atoms with Gasteiger partial charge in [-0.05, 0) is 30.9 Å². The summed E-state index contributed by atoms with van der Waals surface area (Å²) >= 11 is 0. The van der Waals surface area contributed by atoms with Gasteiger partial charge in [-0.15, -0.1) is 0 Å². The van der Waals surface area contributed by atoms with Gasteiger partial charge in [0.2, 0.25) is 5.91 Å². The van der Waals surface area contributed by atoms with Crippen molar-refractivity contribution in [1.82, 2.24) is 19.0 Å². The first-order chi connectivity index (χ1) is 15.9. The third-order valence-electron chi connectivity index (χ3n) is 5.95. The molecule has 4 rings (SSSR count). The molecule has 0 aliphatic carbocycles. The Kier molecular flexibility index (Phi) is 6.31. The molecule has 1 amide bonds. The van der Waals surface area contributed by atoms with Gasteiger partial charge in [-0.3, -0.25) is 18.7 Å². The van der Waals surface area contributed by atoms with E-state index in [9.17, 15) is 14.4 Å². The number of carbonyl (C=O) groups is 1. The number of nitrogens with zero attached hydrogens (tertiary/aromatic N) is 3. The number of benzene rings is 2. The average molecular weight is 445 g/mol. The second kappa shape index (κ2) is 9.32. The maximum atomic E-state index is 13.1. The molecular formula is C26H28N4O3. The van der Waals surface area contributed by atoms with E-state index in [1.165, 1.54) is 17.2 Å². The van der Waals surface area contributed by atoms with Crippen molar-refractivity contribution in [3.8, 4) is 11.1 Å². The molecular weight excluding hydrogens is 416 g/mol. The number of fused-ring (bicyclic) bond motifs is 1. The molecule has 0 unspecified atom stereocenters. The van der Waals surface area contributed by atoms with Crippen molar-refractivity contribution in [2.24, 2.45) is 14.1 Å². The second-order valence-electron chi connectivity index (χ2n) is 8.44. The lowest BCUT2D eigenvalue weighted by Gasteiger charge is -2.16. The fourth-order valence-electron chi connectivity index (χ4n) is 4.20. The molecule has 1 atom stereocenters. The van der Waals surface area contributed by atoms with Crippen molar-refractivity contribution < 1.29 is 4.79 Å². The number of hydrogen-bond acceptors (Lipinski definition) is 3. The minimum absolute atomic E-state index is 0.0548. The lowest BCUT2D eigenvalue weighted by Crippen LogP contribution is -2.43. The second-order valence-corrected chi connectivity index (χ2v) is 8.44. The van der Waals surface area contributed by atoms with Gasteiger partial charge in [0.05, 0.1) is 5.52 Å². The van der Waals surface area contributed by atoms with E-state index in [0.717, 1.165) is 28.5 Å². The van der Waals surface area contributed by atoms with Gasteiger partial charge in [0.1, 0.15) is 12.1 Å². The average Bonchev–Trinajstić information content (AvgIpc) is 3.17. The first-order valence-corrected chi connectivity index (χ1v) is 11.0. The molecule has 4 aromatic rings. The van der Waals surface area contributed by atoms with Gasteiger partial charge in [0.15, 0.2) is 0 Å². The van der Waals surface area contributed by atoms with Crippen LogP contribution in [-0.2, 0) is 31.9 Å². The Labute approximate surface area is 191 Å². The third-order valence-corrected chi connectivity index (χ3v) is 5.95. The Morgan fingerprint density at radius 2 is 1.58 bits per heavy atom. The van der Waals surface area contributed by atoms with Crippen LogP contribution in [0, 0.1) is 0 Å². The van der Waals surface area contributed by atoms with Crippen LogP contribution in [0.15, 0.2) is 76.4 Å². The van der Waals surface area contributed by atoms with Crippen LogP contribution < -0.4 is 16.6 Å². The Balaban J connectivity index is 1.65. The van der Waals surface area contributed by atoms with Crippen LogP contribution in [0.25, 0.3) is 22.2 Å². The minimum atomic E-state index is -0.511. The highest BCUT2D eigenvalue weighted by Crippen LogP contribution is 2.27. The molecule has 170 valence electrons. The number of hydrogen-bond donors (Lipinski definition) is 1. The summed E-state index contributed by atoms with van der Waals surface area (Å²) < 4.78 is 4.18. The largest absolute Gasteiger partial charge is 0.352 e. The molecule has 2 heterocycles. The quantitative estimate of drug-likeness (QED) is 0.476. The van der Waals surface area contributed by atoms with E-state index in [4.69, 9.17) is 0 Å². The van der Waals surface area contributed by atoms with Gasteiger partial charge < -0.3 is 9.88 Å². The first kappa shape index (κ1) is 22.3. The Hall–Kier alpha value is -3.87. The number of rotatable bonds is 7. The summed E-state index contributed by atoms with van der Waals surface area (Å²) in [5.74, 6) is -0.263. The van der Waals surface area contributed by atoms with E-state index < -0.39 is 5.69 Å². The summed E-state index contributed by atoms with van der Waals surface area (Å²) in [4.78, 5) is 38.9. The van der Waals surface area contributed by atoms with Crippen LogP contribution in [0.5, 0.6) is 0 Å². The van der Waals surface area contributed by atoms with Gasteiger partial charge in [-0.2, -0.15) is 0 Å². The van der Waals surface area contributed by atoms with Crippen LogP contribution in [0.3, 0.4) is 0 Å². The highest BCUT2D eigenvalue weighted by Gasteiger charge is 2.21. The van der Waals surface area contributed by atoms with Gasteiger partial charge >= 0.3 is 5.69 Å². The van der Waals surface area contributed by atoms with Gasteiger partial charge in [0.25, 0.3) is 5.56 Å². The summed E-state index contributed by atoms with van der Waals surface area (Å²) in [6.07, 6.45) is 3.47. The molecule has 0 saturated heterocycles. The maximum absolute atomic E-state index is 13.1. The zero-order chi connectivity index (χ0) is 23.5. The molecule has 7 heteroatoms. The summed E-state index contributed by atoms with van der Waals surface area (Å²) in [7, 11) is 3.22. The molecule has 2 aromatic heterocycles. The number of carbonyl (C=O) groups excluding carboxylic acids is 1. The zero-order valence-corrected chi connectivity index (χ0v) is 19.1. The molecule has 1 N–H and O–H groups in total. The SMILES string of the molecule is C[C@@H](CCc1ccccc1)NC(=O)Cn1c(=O)n(C)c(=O)c2c1c(-c1ccccc1)cn2C. The molecule has 33 heavy (non-hydrogen) atoms. The van der Waals surface area contributed by atoms with Crippen molar-refractivity contribution in [1.29, 1.82) is 0 Å². The topological polar surface area (TPSA) is 78.0 Å². The van der Waals surface area contributed by atoms with Crippen molar-refractivity contribution >= 4 is 16.9 Å². The Morgan fingerprint density at radius 3 is 2.24 bits per heavy atom. The predicted octanol–water partition coefficient (Wildman–Crippen LogP) is 2.84. The standard InChI is InChI=1S/C26H28N4O3/c1-18(14-15-19-10-6-4-7-11-19)27-22(31)17-30-23-21(20-12-8-5-9-13-20)16-28(2)24(23)25(32)29(3)26(30)33/h4-13,16,18H,14-15,17H2,1-3H3,(H,27,31)/t18-/m0/s1. The monoisotopic (exact) mass is 444 g/mol.